The third kappa shape index (κ3) is 40.7. The van der Waals surface area contributed by atoms with Gasteiger partial charge < -0.3 is 14.4 Å². The second-order valence-electron chi connectivity index (χ2n) is 15.9. The molecule has 0 spiro atoms. The van der Waals surface area contributed by atoms with Gasteiger partial charge in [-0.3, -0.25) is 18.6 Å². The van der Waals surface area contributed by atoms with Gasteiger partial charge in [-0.1, -0.05) is 226 Å². The number of phosphoric ester groups is 1. The van der Waals surface area contributed by atoms with Crippen LogP contribution in [-0.2, 0) is 32.7 Å². The lowest BCUT2D eigenvalue weighted by atomic mass is 10.0. The molecule has 8 nitrogen and oxygen atoms in total. The maximum atomic E-state index is 12.5. The van der Waals surface area contributed by atoms with Crippen LogP contribution >= 0.6 is 7.82 Å². The van der Waals surface area contributed by atoms with E-state index in [1.54, 1.807) is 0 Å². The third-order valence-electron chi connectivity index (χ3n) is 10.6. The Labute approximate surface area is 334 Å². The Morgan fingerprint density at radius 1 is 0.444 bits per heavy atom. The number of esters is 2. The quantitative estimate of drug-likeness (QED) is 0.0369. The van der Waals surface area contributed by atoms with Gasteiger partial charge in [0.25, 0.3) is 0 Å². The number of ether oxygens (including phenoxy) is 2. The van der Waals surface area contributed by atoms with E-state index >= 15 is 0 Å². The van der Waals surface area contributed by atoms with Gasteiger partial charge in [0.1, 0.15) is 6.61 Å². The minimum Gasteiger partial charge on any atom is -0.462 e. The van der Waals surface area contributed by atoms with Gasteiger partial charge in [0.2, 0.25) is 0 Å². The second kappa shape index (κ2) is 41.7. The Kier molecular flexibility index (Phi) is 40.9. The first kappa shape index (κ1) is 53.0. The molecule has 0 aromatic carbocycles. The summed E-state index contributed by atoms with van der Waals surface area (Å²) in [5.41, 5.74) is 0. The first-order valence-corrected chi connectivity index (χ1v) is 24.7. The van der Waals surface area contributed by atoms with E-state index in [0.29, 0.717) is 6.42 Å². The summed E-state index contributed by atoms with van der Waals surface area (Å²) < 4.78 is 32.0. The van der Waals surface area contributed by atoms with Gasteiger partial charge >= 0.3 is 19.8 Å². The highest BCUT2D eigenvalue weighted by Gasteiger charge is 2.24. The fourth-order valence-corrected chi connectivity index (χ4v) is 7.47. The molecule has 9 heteroatoms. The Balaban J connectivity index is 3.81. The fourth-order valence-electron chi connectivity index (χ4n) is 7.01. The molecule has 322 valence electrons. The molecule has 0 aromatic rings. The first-order valence-electron chi connectivity index (χ1n) is 23.2. The fraction of sp³-hybridized carbons (Fsp3) is 0.956. The van der Waals surface area contributed by atoms with Crippen LogP contribution in [0.5, 0.6) is 0 Å². The summed E-state index contributed by atoms with van der Waals surface area (Å²) in [7, 11) is -3.19. The topological polar surface area (TPSA) is 108 Å². The maximum Gasteiger partial charge on any atom is 0.472 e. The average Bonchev–Trinajstić information content (AvgIpc) is 3.16. The van der Waals surface area contributed by atoms with Crippen LogP contribution in [0.4, 0.5) is 0 Å². The van der Waals surface area contributed by atoms with E-state index in [4.69, 9.17) is 14.0 Å². The summed E-state index contributed by atoms with van der Waals surface area (Å²) in [5, 5.41) is 0. The molecule has 0 aliphatic heterocycles. The van der Waals surface area contributed by atoms with Crippen molar-refractivity contribution in [3.05, 3.63) is 0 Å². The standard InChI is InChI=1S/C45H89O8P/c1-4-6-8-10-12-14-16-17-18-19-20-21-22-23-24-25-26-27-28-30-32-34-36-38-40-45(47)53-43(42-52-54(48,49)50-3)41-51-44(46)39-37-35-33-31-29-15-13-11-9-7-5-2/h43H,4-42H2,1-3H3,(H,48,49). The lowest BCUT2D eigenvalue weighted by Crippen LogP contribution is -2.29. The van der Waals surface area contributed by atoms with E-state index in [9.17, 15) is 19.0 Å². The first-order chi connectivity index (χ1) is 26.3. The molecule has 0 aliphatic rings. The highest BCUT2D eigenvalue weighted by Crippen LogP contribution is 2.42. The van der Waals surface area contributed by atoms with E-state index in [1.807, 2.05) is 0 Å². The molecule has 0 bridgehead atoms. The van der Waals surface area contributed by atoms with E-state index < -0.39 is 26.5 Å². The third-order valence-corrected chi connectivity index (χ3v) is 11.5. The summed E-state index contributed by atoms with van der Waals surface area (Å²) >= 11 is 0. The number of unbranched alkanes of at least 4 members (excludes halogenated alkanes) is 33. The van der Waals surface area contributed by atoms with Crippen molar-refractivity contribution in [3.8, 4) is 0 Å². The molecule has 2 unspecified atom stereocenters. The minimum absolute atomic E-state index is 0.217. The van der Waals surface area contributed by atoms with Gasteiger partial charge in [-0.05, 0) is 12.8 Å². The average molecular weight is 789 g/mol. The zero-order chi connectivity index (χ0) is 39.6. The summed E-state index contributed by atoms with van der Waals surface area (Å²) in [6, 6.07) is 0. The molecule has 0 saturated carbocycles. The number of carbonyl (C=O) groups excluding carboxylic acids is 2. The van der Waals surface area contributed by atoms with Crippen molar-refractivity contribution in [2.75, 3.05) is 20.3 Å². The zero-order valence-electron chi connectivity index (χ0n) is 35.9. The van der Waals surface area contributed by atoms with Crippen LogP contribution in [0.15, 0.2) is 0 Å². The molecule has 0 aromatic heterocycles. The van der Waals surface area contributed by atoms with Gasteiger partial charge in [-0.15, -0.1) is 0 Å². The van der Waals surface area contributed by atoms with Crippen molar-refractivity contribution >= 4 is 19.8 Å². The lowest BCUT2D eigenvalue weighted by molar-refractivity contribution is -0.161. The zero-order valence-corrected chi connectivity index (χ0v) is 36.8. The summed E-state index contributed by atoms with van der Waals surface area (Å²) in [4.78, 5) is 34.4. The molecule has 54 heavy (non-hydrogen) atoms. The molecule has 0 radical (unpaired) electrons. The van der Waals surface area contributed by atoms with Gasteiger partial charge in [0.05, 0.1) is 6.61 Å². The van der Waals surface area contributed by atoms with Crippen molar-refractivity contribution in [2.24, 2.45) is 0 Å². The molecule has 0 heterocycles. The molecule has 0 fully saturated rings. The number of rotatable bonds is 44. The van der Waals surface area contributed by atoms with Crippen LogP contribution in [0.25, 0.3) is 0 Å². The second-order valence-corrected chi connectivity index (χ2v) is 17.5. The highest BCUT2D eigenvalue weighted by molar-refractivity contribution is 7.47. The maximum absolute atomic E-state index is 12.5. The number of phosphoric acid groups is 1. The van der Waals surface area contributed by atoms with Crippen LogP contribution in [0.2, 0.25) is 0 Å². The molecular weight excluding hydrogens is 699 g/mol. The number of hydrogen-bond acceptors (Lipinski definition) is 7. The van der Waals surface area contributed by atoms with Gasteiger partial charge in [-0.25, -0.2) is 4.57 Å². The van der Waals surface area contributed by atoms with Crippen molar-refractivity contribution in [2.45, 2.75) is 258 Å². The normalized spacial score (nSPS) is 13.2. The largest absolute Gasteiger partial charge is 0.472 e. The molecule has 0 saturated heterocycles. The molecule has 1 N–H and O–H groups in total. The number of carbonyl (C=O) groups is 2. The Morgan fingerprint density at radius 3 is 1.02 bits per heavy atom. The van der Waals surface area contributed by atoms with Crippen molar-refractivity contribution in [1.82, 2.24) is 0 Å². The van der Waals surface area contributed by atoms with Crippen LogP contribution < -0.4 is 0 Å². The summed E-state index contributed by atoms with van der Waals surface area (Å²) in [6.45, 7) is 3.92. The van der Waals surface area contributed by atoms with Crippen LogP contribution in [0.3, 0.4) is 0 Å². The Bertz CT molecular complexity index is 854. The minimum atomic E-state index is -4.25. The van der Waals surface area contributed by atoms with Gasteiger partial charge in [-0.2, -0.15) is 0 Å². The van der Waals surface area contributed by atoms with E-state index in [2.05, 4.69) is 18.4 Å². The molecule has 2 atom stereocenters. The predicted octanol–water partition coefficient (Wildman–Crippen LogP) is 14.7. The SMILES string of the molecule is CCCCCCCCCCCCCCCCCCCCCCCCCCC(=O)OC(COC(=O)CCCCCCCCCCCCC)COP(=O)(O)OC. The van der Waals surface area contributed by atoms with Crippen LogP contribution in [-0.4, -0.2) is 43.3 Å². The van der Waals surface area contributed by atoms with E-state index in [-0.39, 0.29) is 19.0 Å². The van der Waals surface area contributed by atoms with Crippen molar-refractivity contribution in [3.63, 3.8) is 0 Å². The van der Waals surface area contributed by atoms with Crippen LogP contribution in [0.1, 0.15) is 251 Å². The van der Waals surface area contributed by atoms with Gasteiger partial charge in [0, 0.05) is 20.0 Å². The predicted molar refractivity (Wildman–Crippen MR) is 226 cm³/mol. The Morgan fingerprint density at radius 2 is 0.722 bits per heavy atom. The van der Waals surface area contributed by atoms with Crippen molar-refractivity contribution < 1.29 is 37.6 Å². The molecule has 0 rings (SSSR count). The molecular formula is C45H89O8P. The van der Waals surface area contributed by atoms with Crippen LogP contribution in [0, 0.1) is 0 Å². The summed E-state index contributed by atoms with van der Waals surface area (Å²) in [6.07, 6.45) is 44.6. The van der Waals surface area contributed by atoms with E-state index in [0.717, 1.165) is 45.6 Å². The molecule has 0 amide bonds. The van der Waals surface area contributed by atoms with Crippen molar-refractivity contribution in [1.29, 1.82) is 0 Å². The number of hydrogen-bond donors (Lipinski definition) is 1. The lowest BCUT2D eigenvalue weighted by Gasteiger charge is -2.19. The highest BCUT2D eigenvalue weighted by atomic mass is 31.2. The summed E-state index contributed by atoms with van der Waals surface area (Å²) in [5.74, 6) is -0.787. The Hall–Kier alpha value is -0.950. The smallest absolute Gasteiger partial charge is 0.462 e. The van der Waals surface area contributed by atoms with Gasteiger partial charge in [0.15, 0.2) is 6.10 Å². The monoisotopic (exact) mass is 789 g/mol. The van der Waals surface area contributed by atoms with E-state index in [1.165, 1.54) is 186 Å². The molecule has 0 aliphatic carbocycles.